The quantitative estimate of drug-likeness (QED) is 0.707. The van der Waals surface area contributed by atoms with E-state index in [9.17, 15) is 0 Å². The zero-order valence-corrected chi connectivity index (χ0v) is 12.2. The van der Waals surface area contributed by atoms with Crippen LogP contribution in [0.5, 0.6) is 0 Å². The predicted molar refractivity (Wildman–Crippen MR) is 78.9 cm³/mol. The van der Waals surface area contributed by atoms with Crippen LogP contribution in [-0.2, 0) is 12.8 Å². The molecule has 0 radical (unpaired) electrons. The van der Waals surface area contributed by atoms with E-state index in [-0.39, 0.29) is 0 Å². The summed E-state index contributed by atoms with van der Waals surface area (Å²) < 4.78 is 0. The molecule has 1 aromatic carbocycles. The van der Waals surface area contributed by atoms with Gasteiger partial charge in [-0.1, -0.05) is 25.5 Å². The highest BCUT2D eigenvalue weighted by Crippen LogP contribution is 2.65. The largest absolute Gasteiger partial charge is 0.169 e. The van der Waals surface area contributed by atoms with E-state index in [1.807, 2.05) is 0 Å². The second-order valence-electron chi connectivity index (χ2n) is 4.62. The fourth-order valence-electron chi connectivity index (χ4n) is 2.61. The molecule has 1 heterocycles. The molecule has 0 nitrogen and oxygen atoms in total. The van der Waals surface area contributed by atoms with E-state index in [0.29, 0.717) is 0 Å². The van der Waals surface area contributed by atoms with Gasteiger partial charge in [0.2, 0.25) is 0 Å². The van der Waals surface area contributed by atoms with Crippen LogP contribution in [0, 0.1) is 0 Å². The number of benzene rings is 1. The van der Waals surface area contributed by atoms with E-state index in [0.717, 1.165) is 0 Å². The molecule has 1 aromatic rings. The molecule has 1 aliphatic rings. The molecule has 1 atom stereocenters. The fraction of sp³-hybridized carbons (Fsp3) is 0.571. The zero-order valence-electron chi connectivity index (χ0n) is 10.6. The molecule has 0 amide bonds. The first-order valence-electron chi connectivity index (χ1n) is 6.13. The summed E-state index contributed by atoms with van der Waals surface area (Å²) in [7, 11) is 1.54. The van der Waals surface area contributed by atoms with Crippen LogP contribution in [0.25, 0.3) is 0 Å². The van der Waals surface area contributed by atoms with Crippen molar-refractivity contribution in [3.63, 3.8) is 0 Å². The third kappa shape index (κ3) is 2.14. The predicted octanol–water partition coefficient (Wildman–Crippen LogP) is 4.66. The highest BCUT2D eigenvalue weighted by Gasteiger charge is 2.27. The van der Waals surface area contributed by atoms with Crippen LogP contribution in [0.4, 0.5) is 0 Å². The Morgan fingerprint density at radius 2 is 2.19 bits per heavy atom. The first kappa shape index (κ1) is 12.4. The summed E-state index contributed by atoms with van der Waals surface area (Å²) in [6.07, 6.45) is 10.0. The van der Waals surface area contributed by atoms with E-state index >= 15 is 0 Å². The zero-order chi connectivity index (χ0) is 11.6. The van der Waals surface area contributed by atoms with Crippen molar-refractivity contribution in [1.29, 1.82) is 0 Å². The average molecular weight is 254 g/mol. The first-order chi connectivity index (χ1) is 7.71. The van der Waals surface area contributed by atoms with Crippen molar-refractivity contribution >= 4 is 19.9 Å². The van der Waals surface area contributed by atoms with Gasteiger partial charge in [-0.3, -0.25) is 0 Å². The summed E-state index contributed by atoms with van der Waals surface area (Å²) in [5, 5.41) is 0. The lowest BCUT2D eigenvalue weighted by Crippen LogP contribution is -2.12. The molecule has 0 bridgehead atoms. The number of fused-ring (bicyclic) bond motifs is 1. The molecular weight excluding hydrogens is 232 g/mol. The van der Waals surface area contributed by atoms with Crippen molar-refractivity contribution in [2.45, 2.75) is 37.5 Å². The van der Waals surface area contributed by atoms with Crippen LogP contribution < -0.4 is 0 Å². The van der Waals surface area contributed by atoms with Gasteiger partial charge in [0.1, 0.15) is 0 Å². The van der Waals surface area contributed by atoms with Gasteiger partial charge in [-0.05, 0) is 54.7 Å². The molecule has 2 heteroatoms. The lowest BCUT2D eigenvalue weighted by Gasteiger charge is -2.40. The maximum absolute atomic E-state index is 2.49. The van der Waals surface area contributed by atoms with E-state index < -0.39 is 9.06 Å². The lowest BCUT2D eigenvalue weighted by molar-refractivity contribution is 0.832. The Morgan fingerprint density at radius 1 is 1.38 bits per heavy atom. The third-order valence-electron chi connectivity index (χ3n) is 3.54. The SMILES string of the molecule is CCCc1cccc2c1CCCS2(C)SC. The van der Waals surface area contributed by atoms with Gasteiger partial charge in [0.15, 0.2) is 0 Å². The smallest absolute Gasteiger partial charge is 0.00209 e. The van der Waals surface area contributed by atoms with Crippen LogP contribution in [0.3, 0.4) is 0 Å². The standard InChI is InChI=1S/C14H22S2/c1-4-7-12-8-5-10-14-13(12)9-6-11-16(14,3)15-2/h5,8,10H,4,6-7,9,11H2,1-3H3. The number of hydrogen-bond donors (Lipinski definition) is 0. The summed E-state index contributed by atoms with van der Waals surface area (Å²) in [6.45, 7) is 2.28. The topological polar surface area (TPSA) is 0 Å². The Hall–Kier alpha value is -0.0800. The minimum Gasteiger partial charge on any atom is -0.169 e. The Balaban J connectivity index is 2.46. The fourth-order valence-corrected chi connectivity index (χ4v) is 6.85. The van der Waals surface area contributed by atoms with E-state index in [4.69, 9.17) is 0 Å². The first-order valence-corrected chi connectivity index (χ1v) is 10.1. The monoisotopic (exact) mass is 254 g/mol. The number of hydrogen-bond acceptors (Lipinski definition) is 1. The summed E-state index contributed by atoms with van der Waals surface area (Å²) in [4.78, 5) is 1.69. The molecule has 0 aromatic heterocycles. The van der Waals surface area contributed by atoms with Gasteiger partial charge in [-0.25, -0.2) is 0 Å². The van der Waals surface area contributed by atoms with Crippen molar-refractivity contribution in [3.8, 4) is 0 Å². The van der Waals surface area contributed by atoms with Crippen molar-refractivity contribution in [3.05, 3.63) is 29.3 Å². The maximum Gasteiger partial charge on any atom is 0.00209 e. The number of aryl methyl sites for hydroxylation is 1. The van der Waals surface area contributed by atoms with Gasteiger partial charge in [-0.15, -0.1) is 10.8 Å². The van der Waals surface area contributed by atoms with E-state index in [2.05, 4.69) is 48.4 Å². The summed E-state index contributed by atoms with van der Waals surface area (Å²) >= 11 is 0. The molecule has 0 fully saturated rings. The molecule has 90 valence electrons. The maximum atomic E-state index is 2.49. The lowest BCUT2D eigenvalue weighted by atomic mass is 9.99. The molecule has 0 spiro atoms. The Bertz CT molecular complexity index is 373. The summed E-state index contributed by atoms with van der Waals surface area (Å²) in [5.74, 6) is 1.41. The second-order valence-corrected chi connectivity index (χ2v) is 11.0. The molecule has 0 saturated heterocycles. The Labute approximate surface area is 105 Å². The van der Waals surface area contributed by atoms with Gasteiger partial charge >= 0.3 is 0 Å². The normalized spacial score (nSPS) is 28.2. The second kappa shape index (κ2) is 5.05. The third-order valence-corrected chi connectivity index (χ3v) is 9.91. The van der Waals surface area contributed by atoms with Gasteiger partial charge in [0, 0.05) is 4.90 Å². The van der Waals surface area contributed by atoms with Crippen LogP contribution in [-0.4, -0.2) is 18.3 Å². The molecule has 2 rings (SSSR count). The van der Waals surface area contributed by atoms with Crippen LogP contribution in [0.1, 0.15) is 30.9 Å². The summed E-state index contributed by atoms with van der Waals surface area (Å²) in [6, 6.07) is 7.00. The van der Waals surface area contributed by atoms with Gasteiger partial charge in [0.25, 0.3) is 0 Å². The number of rotatable bonds is 3. The molecule has 1 unspecified atom stereocenters. The molecule has 0 aliphatic carbocycles. The highest BCUT2D eigenvalue weighted by molar-refractivity contribution is 8.93. The summed E-state index contributed by atoms with van der Waals surface area (Å²) in [5.41, 5.74) is 3.31. The van der Waals surface area contributed by atoms with Crippen LogP contribution in [0.2, 0.25) is 0 Å². The van der Waals surface area contributed by atoms with Crippen molar-refractivity contribution < 1.29 is 0 Å². The van der Waals surface area contributed by atoms with E-state index in [1.165, 1.54) is 31.4 Å². The van der Waals surface area contributed by atoms with Crippen molar-refractivity contribution in [1.82, 2.24) is 0 Å². The van der Waals surface area contributed by atoms with Gasteiger partial charge in [0.05, 0.1) is 0 Å². The highest BCUT2D eigenvalue weighted by atomic mass is 33.2. The van der Waals surface area contributed by atoms with E-state index in [1.54, 1.807) is 16.0 Å². The van der Waals surface area contributed by atoms with Crippen LogP contribution >= 0.6 is 19.9 Å². The Morgan fingerprint density at radius 3 is 2.88 bits per heavy atom. The van der Waals surface area contributed by atoms with Gasteiger partial charge in [-0.2, -0.15) is 9.06 Å². The molecule has 0 saturated carbocycles. The average Bonchev–Trinajstić information content (AvgIpc) is 2.31. The molecule has 1 aliphatic heterocycles. The molecular formula is C14H22S2. The van der Waals surface area contributed by atoms with Crippen molar-refractivity contribution in [2.75, 3.05) is 18.3 Å². The molecule has 0 N–H and O–H groups in total. The minimum absolute atomic E-state index is 0.562. The minimum atomic E-state index is -0.562. The van der Waals surface area contributed by atoms with Gasteiger partial charge < -0.3 is 0 Å². The van der Waals surface area contributed by atoms with Crippen molar-refractivity contribution in [2.24, 2.45) is 0 Å². The Kier molecular flexibility index (Phi) is 3.91. The van der Waals surface area contributed by atoms with Crippen LogP contribution in [0.15, 0.2) is 23.1 Å². The molecule has 16 heavy (non-hydrogen) atoms.